The van der Waals surface area contributed by atoms with Crippen molar-refractivity contribution in [1.29, 1.82) is 0 Å². The average molecular weight is 371 g/mol. The Hall–Kier alpha value is -2.38. The number of fused-ring (bicyclic) bond motifs is 1. The number of morpholine rings is 1. The van der Waals surface area contributed by atoms with Gasteiger partial charge in [0, 0.05) is 51.1 Å². The number of aromatic nitrogens is 1. The first-order chi connectivity index (χ1) is 13.2. The second-order valence-corrected chi connectivity index (χ2v) is 6.88. The summed E-state index contributed by atoms with van der Waals surface area (Å²) in [4.78, 5) is 21.2. The first-order valence-corrected chi connectivity index (χ1v) is 9.44. The van der Waals surface area contributed by atoms with Crippen LogP contribution in [0.25, 0.3) is 0 Å². The number of methoxy groups -OCH3 is 1. The van der Waals surface area contributed by atoms with Gasteiger partial charge in [-0.15, -0.1) is 0 Å². The lowest BCUT2D eigenvalue weighted by Gasteiger charge is -2.25. The lowest BCUT2D eigenvalue weighted by Crippen LogP contribution is -2.40. The van der Waals surface area contributed by atoms with Crippen LogP contribution in [0.4, 0.5) is 0 Å². The lowest BCUT2D eigenvalue weighted by molar-refractivity contribution is 0.0276. The van der Waals surface area contributed by atoms with Crippen LogP contribution >= 0.6 is 0 Å². The number of rotatable bonds is 4. The lowest BCUT2D eigenvalue weighted by atomic mass is 10.2. The van der Waals surface area contributed by atoms with Crippen LogP contribution in [0.2, 0.25) is 0 Å². The molecule has 1 fully saturated rings. The van der Waals surface area contributed by atoms with E-state index in [0.29, 0.717) is 26.3 Å². The Bertz CT molecular complexity index is 773. The third kappa shape index (κ3) is 3.99. The van der Waals surface area contributed by atoms with Crippen LogP contribution in [-0.2, 0) is 24.1 Å². The standard InChI is InChI=1S/C20H25N3O4/c1-25-17-5-3-2-4-15(17)14-22-8-6-16-18(7-9-22)27-19(21-16)20(24)23-10-12-26-13-11-23/h2-5H,6-14H2,1H3. The average Bonchev–Trinajstić information content (AvgIpc) is 3.04. The maximum Gasteiger partial charge on any atom is 0.309 e. The van der Waals surface area contributed by atoms with Gasteiger partial charge in [0.15, 0.2) is 0 Å². The van der Waals surface area contributed by atoms with Gasteiger partial charge < -0.3 is 18.8 Å². The molecule has 2 aromatic rings. The van der Waals surface area contributed by atoms with Crippen molar-refractivity contribution >= 4 is 5.91 Å². The molecule has 7 nitrogen and oxygen atoms in total. The van der Waals surface area contributed by atoms with E-state index in [4.69, 9.17) is 13.9 Å². The Balaban J connectivity index is 1.41. The highest BCUT2D eigenvalue weighted by Crippen LogP contribution is 2.23. The molecule has 2 aliphatic rings. The molecule has 3 heterocycles. The van der Waals surface area contributed by atoms with Gasteiger partial charge in [-0.3, -0.25) is 9.69 Å². The Labute approximate surface area is 158 Å². The van der Waals surface area contributed by atoms with Gasteiger partial charge in [-0.25, -0.2) is 4.98 Å². The molecule has 7 heteroatoms. The summed E-state index contributed by atoms with van der Waals surface area (Å²) in [5, 5.41) is 0. The number of hydrogen-bond donors (Lipinski definition) is 0. The van der Waals surface area contributed by atoms with E-state index in [1.807, 2.05) is 18.2 Å². The Kier molecular flexibility index (Phi) is 5.40. The quantitative estimate of drug-likeness (QED) is 0.816. The maximum absolute atomic E-state index is 12.6. The Morgan fingerprint density at radius 1 is 1.15 bits per heavy atom. The molecule has 0 aliphatic carbocycles. The van der Waals surface area contributed by atoms with Gasteiger partial charge in [0.25, 0.3) is 5.89 Å². The monoisotopic (exact) mass is 371 g/mol. The predicted octanol–water partition coefficient (Wildman–Crippen LogP) is 1.76. The summed E-state index contributed by atoms with van der Waals surface area (Å²) in [5.41, 5.74) is 2.09. The summed E-state index contributed by atoms with van der Waals surface area (Å²) >= 11 is 0. The molecular formula is C20H25N3O4. The summed E-state index contributed by atoms with van der Waals surface area (Å²) < 4.78 is 16.6. The van der Waals surface area contributed by atoms with Crippen LogP contribution < -0.4 is 4.74 Å². The minimum absolute atomic E-state index is 0.128. The van der Waals surface area contributed by atoms with Crippen molar-refractivity contribution in [2.45, 2.75) is 19.4 Å². The zero-order valence-corrected chi connectivity index (χ0v) is 15.6. The first-order valence-electron chi connectivity index (χ1n) is 9.44. The Morgan fingerprint density at radius 2 is 1.93 bits per heavy atom. The number of benzene rings is 1. The highest BCUT2D eigenvalue weighted by atomic mass is 16.5. The van der Waals surface area contributed by atoms with E-state index in [9.17, 15) is 4.79 Å². The van der Waals surface area contributed by atoms with E-state index >= 15 is 0 Å². The summed E-state index contributed by atoms with van der Waals surface area (Å²) in [6.07, 6.45) is 1.54. The zero-order valence-electron chi connectivity index (χ0n) is 15.6. The topological polar surface area (TPSA) is 68.0 Å². The number of oxazole rings is 1. The van der Waals surface area contributed by atoms with Crippen molar-refractivity contribution in [3.05, 3.63) is 47.2 Å². The van der Waals surface area contributed by atoms with Crippen molar-refractivity contribution in [2.24, 2.45) is 0 Å². The molecule has 2 aliphatic heterocycles. The van der Waals surface area contributed by atoms with Crippen molar-refractivity contribution in [3.8, 4) is 5.75 Å². The molecule has 0 radical (unpaired) electrons. The van der Waals surface area contributed by atoms with E-state index in [2.05, 4.69) is 16.0 Å². The summed E-state index contributed by atoms with van der Waals surface area (Å²) in [6.45, 7) is 4.91. The second kappa shape index (κ2) is 8.10. The van der Waals surface area contributed by atoms with Crippen LogP contribution in [0.1, 0.15) is 27.7 Å². The molecule has 1 amide bonds. The number of ether oxygens (including phenoxy) is 2. The van der Waals surface area contributed by atoms with E-state index in [1.54, 1.807) is 12.0 Å². The fourth-order valence-corrected chi connectivity index (χ4v) is 3.64. The highest BCUT2D eigenvalue weighted by Gasteiger charge is 2.27. The van der Waals surface area contributed by atoms with Crippen molar-refractivity contribution in [2.75, 3.05) is 46.5 Å². The van der Waals surface area contributed by atoms with Gasteiger partial charge in [0.2, 0.25) is 0 Å². The smallest absolute Gasteiger partial charge is 0.309 e. The molecule has 0 saturated carbocycles. The van der Waals surface area contributed by atoms with Crippen molar-refractivity contribution in [3.63, 3.8) is 0 Å². The van der Waals surface area contributed by atoms with Gasteiger partial charge in [-0.1, -0.05) is 18.2 Å². The number of amides is 1. The maximum atomic E-state index is 12.6. The molecule has 4 rings (SSSR count). The number of nitrogens with zero attached hydrogens (tertiary/aromatic N) is 3. The van der Waals surface area contributed by atoms with Crippen LogP contribution in [0.5, 0.6) is 5.75 Å². The van der Waals surface area contributed by atoms with Gasteiger partial charge >= 0.3 is 5.91 Å². The minimum Gasteiger partial charge on any atom is -0.496 e. The van der Waals surface area contributed by atoms with Gasteiger partial charge in [0.1, 0.15) is 11.5 Å². The number of para-hydroxylation sites is 1. The van der Waals surface area contributed by atoms with E-state index in [0.717, 1.165) is 49.7 Å². The van der Waals surface area contributed by atoms with Crippen LogP contribution in [0.3, 0.4) is 0 Å². The van der Waals surface area contributed by atoms with Crippen molar-refractivity contribution in [1.82, 2.24) is 14.8 Å². The molecule has 1 saturated heterocycles. The third-order valence-electron chi connectivity index (χ3n) is 5.17. The fourth-order valence-electron chi connectivity index (χ4n) is 3.64. The molecule has 27 heavy (non-hydrogen) atoms. The highest BCUT2D eigenvalue weighted by molar-refractivity contribution is 5.89. The molecule has 0 bridgehead atoms. The molecule has 0 atom stereocenters. The van der Waals surface area contributed by atoms with Crippen LogP contribution in [0.15, 0.2) is 28.7 Å². The minimum atomic E-state index is -0.128. The van der Waals surface area contributed by atoms with Gasteiger partial charge in [0.05, 0.1) is 26.0 Å². The molecule has 0 unspecified atom stereocenters. The van der Waals surface area contributed by atoms with Gasteiger partial charge in [-0.2, -0.15) is 0 Å². The Morgan fingerprint density at radius 3 is 2.74 bits per heavy atom. The summed E-state index contributed by atoms with van der Waals surface area (Å²) in [5.74, 6) is 1.85. The number of carbonyl (C=O) groups excluding carboxylic acids is 1. The molecular weight excluding hydrogens is 346 g/mol. The molecule has 1 aromatic heterocycles. The molecule has 0 N–H and O–H groups in total. The zero-order chi connectivity index (χ0) is 18.6. The SMILES string of the molecule is COc1ccccc1CN1CCc2nc(C(=O)N3CCOCC3)oc2CC1. The van der Waals surface area contributed by atoms with Gasteiger partial charge in [-0.05, 0) is 6.07 Å². The van der Waals surface area contributed by atoms with E-state index < -0.39 is 0 Å². The normalized spacial score (nSPS) is 18.0. The predicted molar refractivity (Wildman–Crippen MR) is 98.9 cm³/mol. The van der Waals surface area contributed by atoms with E-state index in [1.165, 1.54) is 5.56 Å². The van der Waals surface area contributed by atoms with Crippen LogP contribution in [0, 0.1) is 0 Å². The largest absolute Gasteiger partial charge is 0.496 e. The third-order valence-corrected chi connectivity index (χ3v) is 5.17. The number of hydrogen-bond acceptors (Lipinski definition) is 6. The summed E-state index contributed by atoms with van der Waals surface area (Å²) in [6, 6.07) is 8.10. The summed E-state index contributed by atoms with van der Waals surface area (Å²) in [7, 11) is 1.70. The van der Waals surface area contributed by atoms with Crippen molar-refractivity contribution < 1.29 is 18.7 Å². The second-order valence-electron chi connectivity index (χ2n) is 6.88. The van der Waals surface area contributed by atoms with E-state index in [-0.39, 0.29) is 11.8 Å². The molecule has 1 aromatic carbocycles. The number of carbonyl (C=O) groups is 1. The molecule has 0 spiro atoms. The first kappa shape index (κ1) is 18.0. The molecule has 144 valence electrons. The fraction of sp³-hybridized carbons (Fsp3) is 0.500. The van der Waals surface area contributed by atoms with Crippen LogP contribution in [-0.4, -0.2) is 67.2 Å².